The molecule has 0 amide bonds. The monoisotopic (exact) mass is 1110 g/mol. The van der Waals surface area contributed by atoms with Crippen LogP contribution in [0.15, 0.2) is 50.1 Å². The van der Waals surface area contributed by atoms with Gasteiger partial charge in [0.25, 0.3) is 5.70 Å². The SMILES string of the molecule is [C-]#[N+]/C(C#N)=C1\Sc2c(OCCCCCCCCC(=O)OCCCOC(=O)CCC(=O)OCCOC(=O)C(=C)C)cc(C)c(OCCCCCCCCC(=O)OCCCOC(=O)CCC(=O)OCCOC(=O)C(=C)C)c2S1. The normalized spacial score (nSPS) is 11.9. The highest BCUT2D eigenvalue weighted by atomic mass is 32.2. The Morgan fingerprint density at radius 1 is 0.481 bits per heavy atom. The number of rotatable bonds is 42. The zero-order valence-corrected chi connectivity index (χ0v) is 46.4. The third-order valence-corrected chi connectivity index (χ3v) is 13.3. The van der Waals surface area contributed by atoms with E-state index < -0.39 is 35.8 Å². The maximum absolute atomic E-state index is 12.1. The van der Waals surface area contributed by atoms with Crippen molar-refractivity contribution in [3.8, 4) is 17.6 Å². The average molecular weight is 1120 g/mol. The number of ether oxygens (including phenoxy) is 10. The molecule has 2 rings (SSSR count). The molecule has 22 heteroatoms. The van der Waals surface area contributed by atoms with Crippen molar-refractivity contribution < 1.29 is 85.7 Å². The summed E-state index contributed by atoms with van der Waals surface area (Å²) in [6.45, 7) is 20.2. The number of hydrogen-bond donors (Lipinski definition) is 0. The summed E-state index contributed by atoms with van der Waals surface area (Å²) in [7, 11) is 0. The molecule has 0 saturated heterocycles. The molecule has 424 valence electrons. The van der Waals surface area contributed by atoms with Crippen LogP contribution in [0.2, 0.25) is 0 Å². The van der Waals surface area contributed by atoms with Crippen LogP contribution in [0, 0.1) is 24.8 Å². The number of carbonyl (C=O) groups excluding carboxylic acids is 8. The number of unbranched alkanes of at least 4 members (excludes halogenated alkanes) is 10. The van der Waals surface area contributed by atoms with Gasteiger partial charge in [-0.1, -0.05) is 88.0 Å². The van der Waals surface area contributed by atoms with E-state index in [1.54, 1.807) is 0 Å². The van der Waals surface area contributed by atoms with Crippen molar-refractivity contribution in [2.24, 2.45) is 0 Å². The number of esters is 8. The minimum absolute atomic E-state index is 0.0216. The largest absolute Gasteiger partial charge is 0.492 e. The molecule has 0 aliphatic carbocycles. The maximum atomic E-state index is 12.1. The first-order chi connectivity index (χ1) is 37.1. The van der Waals surface area contributed by atoms with Crippen LogP contribution in [0.3, 0.4) is 0 Å². The van der Waals surface area contributed by atoms with Gasteiger partial charge in [-0.25, -0.2) is 19.7 Å². The number of nitrogens with zero attached hydrogens (tertiary/aromatic N) is 2. The number of carbonyl (C=O) groups is 8. The Labute approximate surface area is 460 Å². The number of nitriles is 1. The molecule has 0 aromatic heterocycles. The Morgan fingerprint density at radius 3 is 1.23 bits per heavy atom. The fraction of sp³-hybridized carbons (Fsp3) is 0.600. The highest BCUT2D eigenvalue weighted by molar-refractivity contribution is 8.24. The Morgan fingerprint density at radius 2 is 0.831 bits per heavy atom. The first-order valence-electron chi connectivity index (χ1n) is 26.0. The summed E-state index contributed by atoms with van der Waals surface area (Å²) >= 11 is 2.71. The summed E-state index contributed by atoms with van der Waals surface area (Å²) in [5.74, 6) is -2.79. The van der Waals surface area contributed by atoms with Gasteiger partial charge in [-0.05, 0) is 58.1 Å². The van der Waals surface area contributed by atoms with E-state index in [4.69, 9.17) is 53.9 Å². The van der Waals surface area contributed by atoms with Gasteiger partial charge in [0.05, 0.1) is 92.0 Å². The van der Waals surface area contributed by atoms with Crippen LogP contribution in [0.25, 0.3) is 4.85 Å². The molecule has 0 N–H and O–H groups in total. The van der Waals surface area contributed by atoms with Crippen LogP contribution in [-0.4, -0.2) is 114 Å². The predicted octanol–water partition coefficient (Wildman–Crippen LogP) is 9.86. The molecule has 0 unspecified atom stereocenters. The van der Waals surface area contributed by atoms with Gasteiger partial charge in [-0.2, -0.15) is 0 Å². The van der Waals surface area contributed by atoms with Crippen molar-refractivity contribution in [2.75, 3.05) is 66.1 Å². The van der Waals surface area contributed by atoms with Gasteiger partial charge in [-0.15, -0.1) is 0 Å². The number of fused-ring (bicyclic) bond motifs is 1. The lowest BCUT2D eigenvalue weighted by atomic mass is 10.1. The van der Waals surface area contributed by atoms with E-state index in [2.05, 4.69) is 18.0 Å². The van der Waals surface area contributed by atoms with Crippen LogP contribution in [0.1, 0.15) is 148 Å². The lowest BCUT2D eigenvalue weighted by Gasteiger charge is -2.16. The Kier molecular flexibility index (Phi) is 35.2. The second-order valence-corrected chi connectivity index (χ2v) is 19.8. The number of aryl methyl sites for hydroxylation is 1. The molecule has 0 spiro atoms. The standard InChI is InChI=1S/C55H74N2O18S2/c1-39(2)53(64)74-35-33-71-48(62)25-23-46(60)69-31-19-29-67-44(58)21-15-11-7-9-13-17-27-66-43-37-41(5)50(52-51(43)76-55(77-52)42(38-56)57-6)73-28-18-14-10-8-12-16-22-45(59)68-30-20-32-70-47(61)24-26-49(63)72-34-36-75-54(65)40(3)4/h37H,1,3,7-36H2,2,4-5H3/b55-42+. The van der Waals surface area contributed by atoms with Crippen LogP contribution in [0.5, 0.6) is 11.5 Å². The molecule has 0 bridgehead atoms. The zero-order valence-electron chi connectivity index (χ0n) is 44.8. The van der Waals surface area contributed by atoms with Crippen LogP contribution in [-0.2, 0) is 76.3 Å². The average Bonchev–Trinajstić information content (AvgIpc) is 3.85. The van der Waals surface area contributed by atoms with Crippen molar-refractivity contribution in [2.45, 2.75) is 159 Å². The van der Waals surface area contributed by atoms with Crippen LogP contribution < -0.4 is 9.47 Å². The molecule has 77 heavy (non-hydrogen) atoms. The molecule has 1 aliphatic heterocycles. The highest BCUT2D eigenvalue weighted by Gasteiger charge is 2.30. The van der Waals surface area contributed by atoms with Gasteiger partial charge >= 0.3 is 47.8 Å². The third-order valence-electron chi connectivity index (χ3n) is 10.7. The number of benzene rings is 1. The van der Waals surface area contributed by atoms with E-state index >= 15 is 0 Å². The molecule has 0 fully saturated rings. The highest BCUT2D eigenvalue weighted by Crippen LogP contribution is 2.60. The number of thioether (sulfide) groups is 2. The molecule has 1 heterocycles. The molecular formula is C55H74N2O18S2. The van der Waals surface area contributed by atoms with Gasteiger partial charge in [0.2, 0.25) is 0 Å². The quantitative estimate of drug-likeness (QED) is 0.0147. The minimum Gasteiger partial charge on any atom is -0.492 e. The maximum Gasteiger partial charge on any atom is 0.333 e. The number of allylic oxidation sites excluding steroid dienone is 1. The summed E-state index contributed by atoms with van der Waals surface area (Å²) in [6.07, 6.45) is 11.0. The lowest BCUT2D eigenvalue weighted by molar-refractivity contribution is -0.153. The first-order valence-corrected chi connectivity index (χ1v) is 27.6. The molecule has 1 aliphatic rings. The van der Waals surface area contributed by atoms with E-state index in [1.807, 2.05) is 19.1 Å². The van der Waals surface area contributed by atoms with E-state index in [9.17, 15) is 43.6 Å². The predicted molar refractivity (Wildman–Crippen MR) is 283 cm³/mol. The summed E-state index contributed by atoms with van der Waals surface area (Å²) in [4.78, 5) is 99.2. The van der Waals surface area contributed by atoms with Crippen LogP contribution >= 0.6 is 23.5 Å². The molecule has 0 atom stereocenters. The van der Waals surface area contributed by atoms with Crippen LogP contribution in [0.4, 0.5) is 0 Å². The van der Waals surface area contributed by atoms with Gasteiger partial charge < -0.3 is 47.4 Å². The van der Waals surface area contributed by atoms with E-state index in [0.717, 1.165) is 79.6 Å². The minimum atomic E-state index is -0.621. The van der Waals surface area contributed by atoms with Crippen molar-refractivity contribution in [1.82, 2.24) is 0 Å². The van der Waals surface area contributed by atoms with Crippen molar-refractivity contribution in [3.63, 3.8) is 0 Å². The summed E-state index contributed by atoms with van der Waals surface area (Å²) in [5, 5.41) is 9.61. The lowest BCUT2D eigenvalue weighted by Crippen LogP contribution is -2.16. The van der Waals surface area contributed by atoms with E-state index in [0.29, 0.717) is 67.5 Å². The smallest absolute Gasteiger partial charge is 0.333 e. The fourth-order valence-corrected chi connectivity index (χ4v) is 9.23. The van der Waals surface area contributed by atoms with Gasteiger partial charge in [0, 0.05) is 36.8 Å². The zero-order chi connectivity index (χ0) is 56.6. The van der Waals surface area contributed by atoms with Gasteiger partial charge in [0.1, 0.15) is 37.9 Å². The van der Waals surface area contributed by atoms with Gasteiger partial charge in [-0.3, -0.25) is 28.8 Å². The Hall–Kier alpha value is -6.52. The molecule has 1 aromatic rings. The molecule has 0 saturated carbocycles. The first kappa shape index (κ1) is 66.6. The van der Waals surface area contributed by atoms with Gasteiger partial charge in [0.15, 0.2) is 0 Å². The Balaban J connectivity index is 1.56. The fourth-order valence-electron chi connectivity index (χ4n) is 6.66. The molecular weight excluding hydrogens is 1040 g/mol. The Bertz CT molecular complexity index is 2250. The summed E-state index contributed by atoms with van der Waals surface area (Å²) in [6, 6.07) is 3.95. The summed E-state index contributed by atoms with van der Waals surface area (Å²) < 4.78 is 53.2. The van der Waals surface area contributed by atoms with E-state index in [-0.39, 0.29) is 107 Å². The van der Waals surface area contributed by atoms with E-state index in [1.165, 1.54) is 37.4 Å². The van der Waals surface area contributed by atoms with Crippen molar-refractivity contribution >= 4 is 71.3 Å². The number of hydrogen-bond acceptors (Lipinski definition) is 21. The third kappa shape index (κ3) is 30.7. The topological polar surface area (TPSA) is 257 Å². The molecule has 1 aromatic carbocycles. The van der Waals surface area contributed by atoms with Crippen molar-refractivity contribution in [3.05, 3.63) is 57.3 Å². The molecule has 0 radical (unpaired) electrons. The summed E-state index contributed by atoms with van der Waals surface area (Å²) in [5.41, 5.74) is 1.38. The molecule has 20 nitrogen and oxygen atoms in total. The van der Waals surface area contributed by atoms with Crippen molar-refractivity contribution in [1.29, 1.82) is 5.26 Å². The second-order valence-electron chi connectivity index (χ2n) is 17.5. The second kappa shape index (κ2) is 40.7.